The molecule has 0 spiro atoms. The maximum absolute atomic E-state index is 5.95. The molecule has 0 saturated carbocycles. The van der Waals surface area contributed by atoms with Gasteiger partial charge in [0.2, 0.25) is 0 Å². The van der Waals surface area contributed by atoms with Crippen molar-refractivity contribution < 1.29 is 9.15 Å². The molecule has 0 aliphatic carbocycles. The Morgan fingerprint density at radius 1 is 1.17 bits per heavy atom. The lowest BCUT2D eigenvalue weighted by Gasteiger charge is -2.27. The molecule has 3 heteroatoms. The van der Waals surface area contributed by atoms with E-state index in [1.165, 1.54) is 5.56 Å². The van der Waals surface area contributed by atoms with E-state index in [9.17, 15) is 0 Å². The van der Waals surface area contributed by atoms with Gasteiger partial charge in [-0.2, -0.15) is 0 Å². The first-order chi connectivity index (χ1) is 8.45. The lowest BCUT2D eigenvalue weighted by atomic mass is 9.82. The van der Waals surface area contributed by atoms with Crippen LogP contribution in [0.15, 0.2) is 10.5 Å². The third kappa shape index (κ3) is 2.21. The van der Waals surface area contributed by atoms with E-state index in [4.69, 9.17) is 9.15 Å². The zero-order valence-corrected chi connectivity index (χ0v) is 12.3. The summed E-state index contributed by atoms with van der Waals surface area (Å²) in [6.45, 7) is 10.7. The van der Waals surface area contributed by atoms with E-state index in [2.05, 4.69) is 39.1 Å². The Labute approximate surface area is 110 Å². The Hall–Kier alpha value is -0.800. The summed E-state index contributed by atoms with van der Waals surface area (Å²) in [5.74, 6) is 3.03. The Morgan fingerprint density at radius 2 is 1.83 bits per heavy atom. The summed E-state index contributed by atoms with van der Waals surface area (Å²) < 4.78 is 11.8. The Balaban J connectivity index is 2.28. The highest BCUT2D eigenvalue weighted by Crippen LogP contribution is 2.41. The molecule has 1 aromatic rings. The van der Waals surface area contributed by atoms with Crippen molar-refractivity contribution in [3.05, 3.63) is 23.2 Å². The van der Waals surface area contributed by atoms with Crippen LogP contribution >= 0.6 is 0 Å². The minimum Gasteiger partial charge on any atom is -0.464 e. The van der Waals surface area contributed by atoms with Crippen LogP contribution in [-0.2, 0) is 4.74 Å². The molecule has 1 fully saturated rings. The molecule has 102 valence electrons. The largest absolute Gasteiger partial charge is 0.464 e. The first kappa shape index (κ1) is 13.6. The molecule has 0 aromatic carbocycles. The molecule has 1 N–H and O–H groups in total. The molecular weight excluding hydrogens is 226 g/mol. The zero-order chi connectivity index (χ0) is 13.4. The fraction of sp³-hybridized carbons (Fsp3) is 0.733. The molecule has 2 heterocycles. The van der Waals surface area contributed by atoms with E-state index in [0.29, 0.717) is 17.9 Å². The van der Waals surface area contributed by atoms with Gasteiger partial charge in [-0.1, -0.05) is 6.92 Å². The average molecular weight is 251 g/mol. The van der Waals surface area contributed by atoms with E-state index >= 15 is 0 Å². The minimum absolute atomic E-state index is 0.229. The number of hydrogen-bond acceptors (Lipinski definition) is 3. The lowest BCUT2D eigenvalue weighted by Crippen LogP contribution is -2.32. The van der Waals surface area contributed by atoms with Crippen LogP contribution < -0.4 is 5.32 Å². The van der Waals surface area contributed by atoms with Crippen molar-refractivity contribution in [2.24, 2.45) is 11.8 Å². The average Bonchev–Trinajstić information content (AvgIpc) is 2.75. The van der Waals surface area contributed by atoms with Gasteiger partial charge >= 0.3 is 0 Å². The highest BCUT2D eigenvalue weighted by atomic mass is 16.5. The van der Waals surface area contributed by atoms with Gasteiger partial charge < -0.3 is 14.5 Å². The smallest absolute Gasteiger partial charge is 0.121 e. The highest BCUT2D eigenvalue weighted by Gasteiger charge is 2.42. The summed E-state index contributed by atoms with van der Waals surface area (Å²) in [6, 6.07) is 2.38. The van der Waals surface area contributed by atoms with E-state index in [0.717, 1.165) is 11.5 Å². The van der Waals surface area contributed by atoms with Crippen molar-refractivity contribution in [1.29, 1.82) is 0 Å². The van der Waals surface area contributed by atoms with E-state index in [-0.39, 0.29) is 12.1 Å². The Bertz CT molecular complexity index is 393. The van der Waals surface area contributed by atoms with Gasteiger partial charge in [-0.05, 0) is 52.3 Å². The minimum atomic E-state index is 0.229. The summed E-state index contributed by atoms with van der Waals surface area (Å²) in [5.41, 5.74) is 1.22. The number of rotatable bonds is 3. The molecule has 1 aromatic heterocycles. The summed E-state index contributed by atoms with van der Waals surface area (Å²) in [4.78, 5) is 0. The molecule has 0 bridgehead atoms. The molecule has 0 radical (unpaired) electrons. The third-order valence-corrected chi connectivity index (χ3v) is 4.51. The predicted molar refractivity (Wildman–Crippen MR) is 72.6 cm³/mol. The van der Waals surface area contributed by atoms with Crippen molar-refractivity contribution in [2.45, 2.75) is 52.9 Å². The number of furan rings is 1. The summed E-state index contributed by atoms with van der Waals surface area (Å²) in [5, 5.41) is 3.41. The SMILES string of the molecule is CNC(c1cc(C)c(C)o1)C1C(C)OC(C)C1C. The maximum Gasteiger partial charge on any atom is 0.121 e. The molecule has 1 aliphatic heterocycles. The van der Waals surface area contributed by atoms with Gasteiger partial charge in [0.1, 0.15) is 11.5 Å². The quantitative estimate of drug-likeness (QED) is 0.895. The van der Waals surface area contributed by atoms with Crippen LogP contribution in [0.2, 0.25) is 0 Å². The summed E-state index contributed by atoms with van der Waals surface area (Å²) in [6.07, 6.45) is 0.580. The third-order valence-electron chi connectivity index (χ3n) is 4.51. The second-order valence-corrected chi connectivity index (χ2v) is 5.64. The number of nitrogens with one attached hydrogen (secondary N) is 1. The standard InChI is InChI=1S/C15H25NO2/c1-8-7-13(18-10(8)3)15(16-6)14-9(2)11(4)17-12(14)5/h7,9,11-12,14-16H,1-6H3. The van der Waals surface area contributed by atoms with E-state index in [1.54, 1.807) is 0 Å². The molecule has 5 atom stereocenters. The highest BCUT2D eigenvalue weighted by molar-refractivity contribution is 5.22. The second kappa shape index (κ2) is 5.06. The topological polar surface area (TPSA) is 34.4 Å². The lowest BCUT2D eigenvalue weighted by molar-refractivity contribution is 0.0468. The van der Waals surface area contributed by atoms with Gasteiger partial charge in [-0.25, -0.2) is 0 Å². The maximum atomic E-state index is 5.95. The van der Waals surface area contributed by atoms with E-state index < -0.39 is 0 Å². The van der Waals surface area contributed by atoms with Gasteiger partial charge in [0, 0.05) is 5.92 Å². The molecular formula is C15H25NO2. The van der Waals surface area contributed by atoms with E-state index in [1.807, 2.05) is 14.0 Å². The first-order valence-electron chi connectivity index (χ1n) is 6.85. The Kier molecular flexibility index (Phi) is 3.83. The summed E-state index contributed by atoms with van der Waals surface area (Å²) >= 11 is 0. The van der Waals surface area contributed by atoms with Crippen LogP contribution in [0, 0.1) is 25.7 Å². The fourth-order valence-electron chi connectivity index (χ4n) is 3.15. The number of ether oxygens (including phenoxy) is 1. The molecule has 0 amide bonds. The van der Waals surface area contributed by atoms with Crippen LogP contribution in [0.1, 0.15) is 43.9 Å². The molecule has 3 nitrogen and oxygen atoms in total. The second-order valence-electron chi connectivity index (χ2n) is 5.64. The molecule has 18 heavy (non-hydrogen) atoms. The van der Waals surface area contributed by atoms with Crippen molar-refractivity contribution in [3.8, 4) is 0 Å². The Morgan fingerprint density at radius 3 is 2.22 bits per heavy atom. The number of hydrogen-bond donors (Lipinski definition) is 1. The predicted octanol–water partition coefficient (Wildman–Crippen LogP) is 3.22. The monoisotopic (exact) mass is 251 g/mol. The molecule has 5 unspecified atom stereocenters. The van der Waals surface area contributed by atoms with Gasteiger partial charge in [0.05, 0.1) is 18.2 Å². The zero-order valence-electron chi connectivity index (χ0n) is 12.3. The number of aryl methyl sites for hydroxylation is 2. The normalized spacial score (nSPS) is 33.9. The molecule has 1 aliphatic rings. The first-order valence-corrected chi connectivity index (χ1v) is 6.85. The van der Waals surface area contributed by atoms with Crippen molar-refractivity contribution >= 4 is 0 Å². The van der Waals surface area contributed by atoms with Crippen LogP contribution in [-0.4, -0.2) is 19.3 Å². The van der Waals surface area contributed by atoms with Crippen LogP contribution in [0.25, 0.3) is 0 Å². The van der Waals surface area contributed by atoms with Crippen molar-refractivity contribution in [3.63, 3.8) is 0 Å². The molecule has 1 saturated heterocycles. The van der Waals surface area contributed by atoms with Crippen LogP contribution in [0.5, 0.6) is 0 Å². The van der Waals surface area contributed by atoms with Gasteiger partial charge in [0.15, 0.2) is 0 Å². The summed E-state index contributed by atoms with van der Waals surface area (Å²) in [7, 11) is 2.00. The van der Waals surface area contributed by atoms with Crippen LogP contribution in [0.3, 0.4) is 0 Å². The van der Waals surface area contributed by atoms with Crippen LogP contribution in [0.4, 0.5) is 0 Å². The fourth-order valence-corrected chi connectivity index (χ4v) is 3.15. The van der Waals surface area contributed by atoms with Crippen molar-refractivity contribution in [1.82, 2.24) is 5.32 Å². The molecule has 2 rings (SSSR count). The van der Waals surface area contributed by atoms with Gasteiger partial charge in [-0.15, -0.1) is 0 Å². The van der Waals surface area contributed by atoms with Gasteiger partial charge in [-0.3, -0.25) is 0 Å². The van der Waals surface area contributed by atoms with Crippen molar-refractivity contribution in [2.75, 3.05) is 7.05 Å². The van der Waals surface area contributed by atoms with Gasteiger partial charge in [0.25, 0.3) is 0 Å².